The number of carbonyl (C=O) groups is 1. The van der Waals surface area contributed by atoms with Crippen LogP contribution in [-0.4, -0.2) is 34.7 Å². The second-order valence-electron chi connectivity index (χ2n) is 4.61. The topological polar surface area (TPSA) is 96.2 Å². The van der Waals surface area contributed by atoms with Crippen molar-refractivity contribution in [3.63, 3.8) is 0 Å². The van der Waals surface area contributed by atoms with E-state index >= 15 is 0 Å². The summed E-state index contributed by atoms with van der Waals surface area (Å²) >= 11 is 0. The molecule has 22 heavy (non-hydrogen) atoms. The van der Waals surface area contributed by atoms with E-state index in [-0.39, 0.29) is 17.7 Å². The molecule has 0 saturated heterocycles. The third-order valence-corrected chi connectivity index (χ3v) is 3.03. The van der Waals surface area contributed by atoms with Crippen LogP contribution in [0, 0.1) is 0 Å². The van der Waals surface area contributed by atoms with Crippen molar-refractivity contribution < 1.29 is 29.6 Å². The molecule has 0 aliphatic heterocycles. The van der Waals surface area contributed by atoms with E-state index in [1.807, 2.05) is 0 Å². The fraction of sp³-hybridized carbons (Fsp3) is 0.188. The van der Waals surface area contributed by atoms with Crippen molar-refractivity contribution in [2.24, 2.45) is 0 Å². The Morgan fingerprint density at radius 3 is 2.32 bits per heavy atom. The molecular weight excluding hydrogens is 288 g/mol. The lowest BCUT2D eigenvalue weighted by Gasteiger charge is -2.14. The number of carboxylic acids is 1. The summed E-state index contributed by atoms with van der Waals surface area (Å²) in [5.74, 6) is -0.406. The zero-order valence-corrected chi connectivity index (χ0v) is 11.9. The number of methoxy groups -OCH3 is 1. The van der Waals surface area contributed by atoms with Gasteiger partial charge < -0.3 is 24.8 Å². The van der Waals surface area contributed by atoms with Gasteiger partial charge in [-0.3, -0.25) is 0 Å². The first-order chi connectivity index (χ1) is 10.5. The Balaban J connectivity index is 2.00. The van der Waals surface area contributed by atoms with E-state index in [4.69, 9.17) is 14.6 Å². The fourth-order valence-corrected chi connectivity index (χ4v) is 1.94. The molecule has 0 aliphatic carbocycles. The maximum atomic E-state index is 10.8. The van der Waals surface area contributed by atoms with Crippen LogP contribution in [0.5, 0.6) is 17.2 Å². The number of aliphatic hydroxyl groups is 1. The average Bonchev–Trinajstić information content (AvgIpc) is 2.47. The van der Waals surface area contributed by atoms with Crippen LogP contribution in [-0.2, 0) is 6.42 Å². The van der Waals surface area contributed by atoms with E-state index in [0.29, 0.717) is 17.1 Å². The molecule has 1 unspecified atom stereocenters. The Bertz CT molecular complexity index is 650. The van der Waals surface area contributed by atoms with E-state index in [9.17, 15) is 15.0 Å². The third-order valence-electron chi connectivity index (χ3n) is 3.03. The molecule has 2 rings (SSSR count). The van der Waals surface area contributed by atoms with Crippen LogP contribution in [0.1, 0.15) is 15.9 Å². The van der Waals surface area contributed by atoms with Gasteiger partial charge in [0.1, 0.15) is 22.8 Å². The Hall–Kier alpha value is -2.73. The lowest BCUT2D eigenvalue weighted by molar-refractivity contribution is -0.0159. The molecule has 0 heterocycles. The van der Waals surface area contributed by atoms with Gasteiger partial charge in [0.15, 0.2) is 0 Å². The van der Waals surface area contributed by atoms with Crippen LogP contribution in [0.2, 0.25) is 0 Å². The summed E-state index contributed by atoms with van der Waals surface area (Å²) in [4.78, 5) is 10.8. The molecule has 116 valence electrons. The van der Waals surface area contributed by atoms with Crippen LogP contribution >= 0.6 is 0 Å². The Kier molecular flexibility index (Phi) is 4.85. The maximum Gasteiger partial charge on any atom is 0.339 e. The van der Waals surface area contributed by atoms with Gasteiger partial charge in [-0.2, -0.15) is 0 Å². The largest absolute Gasteiger partial charge is 0.507 e. The van der Waals surface area contributed by atoms with Crippen LogP contribution in [0.4, 0.5) is 0 Å². The number of hydrogen-bond acceptors (Lipinski definition) is 5. The first-order valence-electron chi connectivity index (χ1n) is 6.53. The highest BCUT2D eigenvalue weighted by Gasteiger charge is 2.13. The molecule has 0 radical (unpaired) electrons. The molecule has 0 bridgehead atoms. The number of aromatic carboxylic acids is 1. The molecule has 0 saturated carbocycles. The molecule has 3 N–H and O–H groups in total. The minimum absolute atomic E-state index is 0.111. The average molecular weight is 304 g/mol. The Labute approximate surface area is 127 Å². The first kappa shape index (κ1) is 15.7. The molecule has 1 atom stereocenters. The van der Waals surface area contributed by atoms with Crippen LogP contribution in [0.3, 0.4) is 0 Å². The van der Waals surface area contributed by atoms with Gasteiger partial charge in [0.2, 0.25) is 6.29 Å². The predicted octanol–water partition coefficient (Wildman–Crippen LogP) is 2.04. The standard InChI is InChI=1S/C16H16O6/c1-21-11-3-5-12(6-4-11)22-15(18)9-10-2-7-13(16(19)20)14(17)8-10/h2-8,15,17-18H,9H2,1H3,(H,19,20). The molecule has 2 aromatic rings. The summed E-state index contributed by atoms with van der Waals surface area (Å²) in [6.07, 6.45) is -1.01. The number of rotatable bonds is 6. The fourth-order valence-electron chi connectivity index (χ4n) is 1.94. The van der Waals surface area contributed by atoms with Gasteiger partial charge >= 0.3 is 5.97 Å². The van der Waals surface area contributed by atoms with Crippen molar-refractivity contribution in [3.8, 4) is 17.2 Å². The second kappa shape index (κ2) is 6.82. The molecule has 2 aromatic carbocycles. The van der Waals surface area contributed by atoms with Gasteiger partial charge in [0.05, 0.1) is 7.11 Å². The van der Waals surface area contributed by atoms with E-state index < -0.39 is 12.3 Å². The number of benzene rings is 2. The zero-order chi connectivity index (χ0) is 16.1. The smallest absolute Gasteiger partial charge is 0.339 e. The van der Waals surface area contributed by atoms with Crippen molar-refractivity contribution in [1.29, 1.82) is 0 Å². The first-order valence-corrected chi connectivity index (χ1v) is 6.53. The minimum Gasteiger partial charge on any atom is -0.507 e. The molecule has 6 nitrogen and oxygen atoms in total. The third kappa shape index (κ3) is 3.89. The number of aliphatic hydroxyl groups excluding tert-OH is 1. The Morgan fingerprint density at radius 1 is 1.14 bits per heavy atom. The Morgan fingerprint density at radius 2 is 1.77 bits per heavy atom. The number of phenols is 1. The molecule has 0 fully saturated rings. The lowest BCUT2D eigenvalue weighted by atomic mass is 10.1. The maximum absolute atomic E-state index is 10.8. The van der Waals surface area contributed by atoms with Gasteiger partial charge in [0, 0.05) is 6.42 Å². The molecule has 6 heteroatoms. The summed E-state index contributed by atoms with van der Waals surface area (Å²) < 4.78 is 10.4. The van der Waals surface area contributed by atoms with E-state index in [2.05, 4.69) is 0 Å². The quantitative estimate of drug-likeness (QED) is 0.707. The summed E-state index contributed by atoms with van der Waals surface area (Å²) in [5, 5.41) is 28.3. The van der Waals surface area contributed by atoms with Crippen molar-refractivity contribution in [2.75, 3.05) is 7.11 Å². The lowest BCUT2D eigenvalue weighted by Crippen LogP contribution is -2.18. The van der Waals surface area contributed by atoms with Crippen molar-refractivity contribution in [1.82, 2.24) is 0 Å². The summed E-state index contributed by atoms with van der Waals surface area (Å²) in [7, 11) is 1.55. The van der Waals surface area contributed by atoms with Gasteiger partial charge in [0.25, 0.3) is 0 Å². The summed E-state index contributed by atoms with van der Waals surface area (Å²) in [5.41, 5.74) is 0.373. The van der Waals surface area contributed by atoms with Gasteiger partial charge in [-0.05, 0) is 42.0 Å². The zero-order valence-electron chi connectivity index (χ0n) is 11.9. The predicted molar refractivity (Wildman–Crippen MR) is 78.4 cm³/mol. The van der Waals surface area contributed by atoms with Gasteiger partial charge in [-0.15, -0.1) is 0 Å². The van der Waals surface area contributed by atoms with Crippen LogP contribution < -0.4 is 9.47 Å². The van der Waals surface area contributed by atoms with E-state index in [1.54, 1.807) is 31.4 Å². The van der Waals surface area contributed by atoms with Gasteiger partial charge in [-0.1, -0.05) is 6.07 Å². The molecule has 0 amide bonds. The van der Waals surface area contributed by atoms with Crippen LogP contribution in [0.15, 0.2) is 42.5 Å². The molecule has 0 aliphatic rings. The van der Waals surface area contributed by atoms with E-state index in [0.717, 1.165) is 0 Å². The van der Waals surface area contributed by atoms with Crippen molar-refractivity contribution in [2.45, 2.75) is 12.7 Å². The van der Waals surface area contributed by atoms with E-state index in [1.165, 1.54) is 18.2 Å². The monoisotopic (exact) mass is 304 g/mol. The second-order valence-corrected chi connectivity index (χ2v) is 4.61. The summed E-state index contributed by atoms with van der Waals surface area (Å²) in [6, 6.07) is 10.8. The SMILES string of the molecule is COc1ccc(OC(O)Cc2ccc(C(=O)O)c(O)c2)cc1. The highest BCUT2D eigenvalue weighted by molar-refractivity contribution is 5.90. The minimum atomic E-state index is -1.21. The molecule has 0 spiro atoms. The summed E-state index contributed by atoms with van der Waals surface area (Å²) in [6.45, 7) is 0. The number of ether oxygens (including phenoxy) is 2. The number of aromatic hydroxyl groups is 1. The normalized spacial score (nSPS) is 11.7. The number of carboxylic acid groups (broad SMARTS) is 1. The molecule has 0 aromatic heterocycles. The molecular formula is C16H16O6. The number of hydrogen-bond donors (Lipinski definition) is 3. The highest BCUT2D eigenvalue weighted by Crippen LogP contribution is 2.21. The van der Waals surface area contributed by atoms with Crippen molar-refractivity contribution in [3.05, 3.63) is 53.6 Å². The van der Waals surface area contributed by atoms with Gasteiger partial charge in [-0.25, -0.2) is 4.79 Å². The van der Waals surface area contributed by atoms with Crippen LogP contribution in [0.25, 0.3) is 0 Å². The van der Waals surface area contributed by atoms with Crippen molar-refractivity contribution >= 4 is 5.97 Å². The highest BCUT2D eigenvalue weighted by atomic mass is 16.6.